The van der Waals surface area contributed by atoms with Crippen molar-refractivity contribution in [2.24, 2.45) is 0 Å². The molecule has 94 valence electrons. The van der Waals surface area contributed by atoms with Crippen LogP contribution in [0.15, 0.2) is 12.3 Å². The van der Waals surface area contributed by atoms with Crippen LogP contribution in [0.25, 0.3) is 0 Å². The molecule has 2 heterocycles. The molecule has 0 saturated carbocycles. The molecule has 1 aliphatic rings. The molecule has 0 spiro atoms. The fourth-order valence-corrected chi connectivity index (χ4v) is 2.39. The number of aromatic nitrogens is 1. The Kier molecular flexibility index (Phi) is 4.07. The first kappa shape index (κ1) is 12.5. The van der Waals surface area contributed by atoms with E-state index >= 15 is 0 Å². The highest BCUT2D eigenvalue weighted by Crippen LogP contribution is 2.14. The van der Waals surface area contributed by atoms with Crippen LogP contribution in [0.4, 0.5) is 0 Å². The predicted octanol–water partition coefficient (Wildman–Crippen LogP) is 1.64. The first-order chi connectivity index (χ1) is 8.20. The Morgan fingerprint density at radius 3 is 3.18 bits per heavy atom. The van der Waals surface area contributed by atoms with Crippen molar-refractivity contribution in [3.05, 3.63) is 23.0 Å². The lowest BCUT2D eigenvalue weighted by atomic mass is 10.2. The van der Waals surface area contributed by atoms with Gasteiger partial charge in [0.25, 0.3) is 5.91 Å². The molecule has 1 aromatic heterocycles. The normalized spacial score (nSPS) is 19.5. The SMILES string of the molecule is CCn1cc(Cl)cc1C(=O)NCC1CCCN1. The third-order valence-corrected chi connectivity index (χ3v) is 3.31. The Hall–Kier alpha value is -1.00. The molecule has 0 bridgehead atoms. The van der Waals surface area contributed by atoms with Crippen LogP contribution in [0, 0.1) is 0 Å². The molecule has 0 aliphatic carbocycles. The molecule has 1 aliphatic heterocycles. The zero-order chi connectivity index (χ0) is 12.3. The van der Waals surface area contributed by atoms with Gasteiger partial charge in [-0.2, -0.15) is 0 Å². The molecular weight excluding hydrogens is 238 g/mol. The van der Waals surface area contributed by atoms with Crippen LogP contribution in [0.5, 0.6) is 0 Å². The number of carbonyl (C=O) groups is 1. The molecule has 1 atom stereocenters. The summed E-state index contributed by atoms with van der Waals surface area (Å²) in [4.78, 5) is 12.0. The van der Waals surface area contributed by atoms with Gasteiger partial charge >= 0.3 is 0 Å². The van der Waals surface area contributed by atoms with E-state index in [0.29, 0.717) is 23.3 Å². The van der Waals surface area contributed by atoms with Gasteiger partial charge in [-0.25, -0.2) is 0 Å². The van der Waals surface area contributed by atoms with Gasteiger partial charge in [0.05, 0.1) is 5.02 Å². The van der Waals surface area contributed by atoms with Gasteiger partial charge in [-0.3, -0.25) is 4.79 Å². The van der Waals surface area contributed by atoms with Crippen molar-refractivity contribution < 1.29 is 4.79 Å². The number of amides is 1. The third-order valence-electron chi connectivity index (χ3n) is 3.11. The summed E-state index contributed by atoms with van der Waals surface area (Å²) < 4.78 is 1.86. The van der Waals surface area contributed by atoms with Gasteiger partial charge in [0, 0.05) is 25.3 Å². The van der Waals surface area contributed by atoms with Gasteiger partial charge < -0.3 is 15.2 Å². The molecular formula is C12H18ClN3O. The Bertz CT molecular complexity index is 396. The van der Waals surface area contributed by atoms with Crippen LogP contribution in [-0.2, 0) is 6.54 Å². The van der Waals surface area contributed by atoms with Gasteiger partial charge in [-0.05, 0) is 32.4 Å². The summed E-state index contributed by atoms with van der Waals surface area (Å²) >= 11 is 5.90. The summed E-state index contributed by atoms with van der Waals surface area (Å²) in [6, 6.07) is 2.13. The van der Waals surface area contributed by atoms with E-state index < -0.39 is 0 Å². The summed E-state index contributed by atoms with van der Waals surface area (Å²) in [6.07, 6.45) is 4.11. The maximum atomic E-state index is 12.0. The first-order valence-corrected chi connectivity index (χ1v) is 6.45. The quantitative estimate of drug-likeness (QED) is 0.859. The zero-order valence-electron chi connectivity index (χ0n) is 10.0. The van der Waals surface area contributed by atoms with Crippen LogP contribution in [0.3, 0.4) is 0 Å². The number of nitrogens with zero attached hydrogens (tertiary/aromatic N) is 1. The molecule has 1 saturated heterocycles. The topological polar surface area (TPSA) is 46.1 Å². The van der Waals surface area contributed by atoms with E-state index in [1.165, 1.54) is 6.42 Å². The Balaban J connectivity index is 1.93. The molecule has 1 fully saturated rings. The van der Waals surface area contributed by atoms with Crippen molar-refractivity contribution in [1.82, 2.24) is 15.2 Å². The van der Waals surface area contributed by atoms with Crippen LogP contribution < -0.4 is 10.6 Å². The van der Waals surface area contributed by atoms with Gasteiger partial charge in [0.2, 0.25) is 0 Å². The fourth-order valence-electron chi connectivity index (χ4n) is 2.16. The predicted molar refractivity (Wildman–Crippen MR) is 68.5 cm³/mol. The number of nitrogens with one attached hydrogen (secondary N) is 2. The average molecular weight is 256 g/mol. The molecule has 2 N–H and O–H groups in total. The molecule has 0 aromatic carbocycles. The summed E-state index contributed by atoms with van der Waals surface area (Å²) in [5.74, 6) is -0.0487. The number of rotatable bonds is 4. The largest absolute Gasteiger partial charge is 0.349 e. The van der Waals surface area contributed by atoms with Crippen LogP contribution in [-0.4, -0.2) is 29.6 Å². The maximum absolute atomic E-state index is 12.0. The average Bonchev–Trinajstić information content (AvgIpc) is 2.94. The molecule has 5 heteroatoms. The van der Waals surface area contributed by atoms with Crippen molar-refractivity contribution in [3.63, 3.8) is 0 Å². The summed E-state index contributed by atoms with van der Waals surface area (Å²) in [5.41, 5.74) is 0.635. The second-order valence-electron chi connectivity index (χ2n) is 4.33. The minimum Gasteiger partial charge on any atom is -0.349 e. The van der Waals surface area contributed by atoms with E-state index in [0.717, 1.165) is 19.5 Å². The molecule has 2 rings (SSSR count). The highest BCUT2D eigenvalue weighted by atomic mass is 35.5. The van der Waals surface area contributed by atoms with Crippen molar-refractivity contribution >= 4 is 17.5 Å². The number of hydrogen-bond acceptors (Lipinski definition) is 2. The van der Waals surface area contributed by atoms with E-state index in [9.17, 15) is 4.79 Å². The molecule has 0 radical (unpaired) electrons. The van der Waals surface area contributed by atoms with Crippen molar-refractivity contribution in [1.29, 1.82) is 0 Å². The van der Waals surface area contributed by atoms with Crippen LogP contribution in [0.1, 0.15) is 30.3 Å². The second kappa shape index (κ2) is 5.56. The lowest BCUT2D eigenvalue weighted by Crippen LogP contribution is -2.37. The Morgan fingerprint density at radius 1 is 1.71 bits per heavy atom. The molecule has 1 unspecified atom stereocenters. The third kappa shape index (κ3) is 3.01. The monoisotopic (exact) mass is 255 g/mol. The van der Waals surface area contributed by atoms with E-state index in [1.807, 2.05) is 11.5 Å². The van der Waals surface area contributed by atoms with E-state index in [-0.39, 0.29) is 5.91 Å². The minimum atomic E-state index is -0.0487. The highest BCUT2D eigenvalue weighted by molar-refractivity contribution is 6.31. The summed E-state index contributed by atoms with van der Waals surface area (Å²) in [6.45, 7) is 4.48. The summed E-state index contributed by atoms with van der Waals surface area (Å²) in [7, 11) is 0. The number of aryl methyl sites for hydroxylation is 1. The summed E-state index contributed by atoms with van der Waals surface area (Å²) in [5, 5.41) is 6.91. The lowest BCUT2D eigenvalue weighted by molar-refractivity contribution is 0.0941. The standard InChI is InChI=1S/C12H18ClN3O/c1-2-16-8-9(13)6-11(16)12(17)15-7-10-4-3-5-14-10/h6,8,10,14H,2-5,7H2,1H3,(H,15,17). The Labute approximate surface area is 106 Å². The van der Waals surface area contributed by atoms with Crippen molar-refractivity contribution in [2.45, 2.75) is 32.4 Å². The van der Waals surface area contributed by atoms with Gasteiger partial charge in [0.1, 0.15) is 5.69 Å². The highest BCUT2D eigenvalue weighted by Gasteiger charge is 2.17. The molecule has 1 amide bonds. The van der Waals surface area contributed by atoms with Gasteiger partial charge in [0.15, 0.2) is 0 Å². The van der Waals surface area contributed by atoms with Crippen LogP contribution in [0.2, 0.25) is 5.02 Å². The second-order valence-corrected chi connectivity index (χ2v) is 4.77. The molecule has 17 heavy (non-hydrogen) atoms. The first-order valence-electron chi connectivity index (χ1n) is 6.08. The van der Waals surface area contributed by atoms with E-state index in [4.69, 9.17) is 11.6 Å². The van der Waals surface area contributed by atoms with E-state index in [1.54, 1.807) is 12.3 Å². The molecule has 1 aromatic rings. The zero-order valence-corrected chi connectivity index (χ0v) is 10.8. The van der Waals surface area contributed by atoms with Gasteiger partial charge in [-0.15, -0.1) is 0 Å². The maximum Gasteiger partial charge on any atom is 0.268 e. The smallest absolute Gasteiger partial charge is 0.268 e. The van der Waals surface area contributed by atoms with Crippen molar-refractivity contribution in [2.75, 3.05) is 13.1 Å². The number of halogens is 1. The van der Waals surface area contributed by atoms with Crippen molar-refractivity contribution in [3.8, 4) is 0 Å². The Morgan fingerprint density at radius 2 is 2.53 bits per heavy atom. The molecule has 4 nitrogen and oxygen atoms in total. The van der Waals surface area contributed by atoms with Gasteiger partial charge in [-0.1, -0.05) is 11.6 Å². The fraction of sp³-hybridized carbons (Fsp3) is 0.583. The lowest BCUT2D eigenvalue weighted by Gasteiger charge is -2.12. The number of hydrogen-bond donors (Lipinski definition) is 2. The number of carbonyl (C=O) groups excluding carboxylic acids is 1. The minimum absolute atomic E-state index is 0.0487. The van der Waals surface area contributed by atoms with Crippen LogP contribution >= 0.6 is 11.6 Å². The van der Waals surface area contributed by atoms with E-state index in [2.05, 4.69) is 10.6 Å².